The van der Waals surface area contributed by atoms with Gasteiger partial charge in [0.15, 0.2) is 0 Å². The minimum absolute atomic E-state index is 0.0303. The van der Waals surface area contributed by atoms with E-state index in [2.05, 4.69) is 50.5 Å². The van der Waals surface area contributed by atoms with Crippen molar-refractivity contribution in [2.75, 3.05) is 13.1 Å². The number of piperidine rings is 1. The average Bonchev–Trinajstić information content (AvgIpc) is 3.17. The molecule has 1 aliphatic rings. The van der Waals surface area contributed by atoms with Crippen LogP contribution in [0.3, 0.4) is 0 Å². The number of H-pyrrole nitrogens is 1. The number of aromatic amines is 1. The van der Waals surface area contributed by atoms with Crippen LogP contribution in [0.5, 0.6) is 0 Å². The molecule has 0 unspecified atom stereocenters. The second-order valence-electron chi connectivity index (χ2n) is 7.46. The zero-order valence-corrected chi connectivity index (χ0v) is 16.4. The van der Waals surface area contributed by atoms with Gasteiger partial charge in [-0.2, -0.15) is 5.10 Å². The highest BCUT2D eigenvalue weighted by molar-refractivity contribution is 5.95. The summed E-state index contributed by atoms with van der Waals surface area (Å²) in [6.07, 6.45) is 4.35. The van der Waals surface area contributed by atoms with Crippen LogP contribution in [0, 0.1) is 13.8 Å². The number of aromatic nitrogens is 4. The average molecular weight is 375 g/mol. The number of likely N-dealkylation sites (tertiary alicyclic amines) is 1. The number of hydrogen-bond donors (Lipinski definition) is 1. The van der Waals surface area contributed by atoms with Gasteiger partial charge in [-0.1, -0.05) is 30.3 Å². The predicted octanol–water partition coefficient (Wildman–Crippen LogP) is 3.43. The van der Waals surface area contributed by atoms with Crippen molar-refractivity contribution in [3.8, 4) is 0 Å². The molecule has 2 aromatic heterocycles. The van der Waals surface area contributed by atoms with Gasteiger partial charge in [0.05, 0.1) is 17.0 Å². The molecule has 28 heavy (non-hydrogen) atoms. The van der Waals surface area contributed by atoms with Crippen molar-refractivity contribution in [2.45, 2.75) is 39.0 Å². The van der Waals surface area contributed by atoms with Gasteiger partial charge < -0.3 is 4.90 Å². The first kappa shape index (κ1) is 18.3. The number of benzene rings is 1. The number of aryl methyl sites for hydroxylation is 2. The van der Waals surface area contributed by atoms with Crippen LogP contribution in [0.15, 0.2) is 42.6 Å². The maximum atomic E-state index is 12.8. The summed E-state index contributed by atoms with van der Waals surface area (Å²) in [5, 5.41) is 7.72. The summed E-state index contributed by atoms with van der Waals surface area (Å²) in [5.41, 5.74) is 4.86. The van der Waals surface area contributed by atoms with Gasteiger partial charge in [0.2, 0.25) is 0 Å². The fraction of sp³-hybridized carbons (Fsp3) is 0.364. The Morgan fingerprint density at radius 1 is 1.18 bits per heavy atom. The van der Waals surface area contributed by atoms with Gasteiger partial charge in [-0.05, 0) is 38.3 Å². The summed E-state index contributed by atoms with van der Waals surface area (Å²) in [6, 6.07) is 12.6. The van der Waals surface area contributed by atoms with E-state index in [4.69, 9.17) is 0 Å². The molecule has 1 amide bonds. The monoisotopic (exact) mass is 375 g/mol. The molecule has 1 aromatic carbocycles. The van der Waals surface area contributed by atoms with Crippen LogP contribution in [0.2, 0.25) is 0 Å². The van der Waals surface area contributed by atoms with Crippen molar-refractivity contribution in [2.24, 2.45) is 0 Å². The lowest BCUT2D eigenvalue weighted by atomic mass is 9.93. The van der Waals surface area contributed by atoms with E-state index >= 15 is 0 Å². The molecule has 6 nitrogen and oxygen atoms in total. The topological polar surface area (TPSA) is 74.8 Å². The number of carbonyl (C=O) groups excluding carboxylic acids is 1. The highest BCUT2D eigenvalue weighted by Crippen LogP contribution is 2.28. The summed E-state index contributed by atoms with van der Waals surface area (Å²) in [6.45, 7) is 5.17. The van der Waals surface area contributed by atoms with E-state index < -0.39 is 0 Å². The summed E-state index contributed by atoms with van der Waals surface area (Å²) < 4.78 is 0. The number of carbonyl (C=O) groups is 1. The molecular formula is C22H25N5O. The zero-order valence-electron chi connectivity index (χ0n) is 16.4. The van der Waals surface area contributed by atoms with Crippen molar-refractivity contribution in [3.63, 3.8) is 0 Å². The molecule has 0 aliphatic carbocycles. The molecule has 3 aromatic rings. The smallest absolute Gasteiger partial charge is 0.257 e. The van der Waals surface area contributed by atoms with Crippen LogP contribution < -0.4 is 0 Å². The summed E-state index contributed by atoms with van der Waals surface area (Å²) in [7, 11) is 0. The molecule has 4 rings (SSSR count). The standard InChI is InChI=1S/C22H25N5O/c1-15-20(14-23-16(2)24-15)22(28)27-10-8-18(9-11-27)21-13-19(25-26-21)12-17-6-4-3-5-7-17/h3-7,13-14,18H,8-12H2,1-2H3,(H,25,26). The van der Waals surface area contributed by atoms with Gasteiger partial charge in [0, 0.05) is 37.3 Å². The third kappa shape index (κ3) is 3.96. The highest BCUT2D eigenvalue weighted by Gasteiger charge is 2.27. The molecule has 3 heterocycles. The molecule has 0 atom stereocenters. The van der Waals surface area contributed by atoms with Crippen molar-refractivity contribution in [1.29, 1.82) is 0 Å². The normalized spacial score (nSPS) is 15.0. The van der Waals surface area contributed by atoms with Gasteiger partial charge >= 0.3 is 0 Å². The molecule has 144 valence electrons. The Morgan fingerprint density at radius 2 is 1.93 bits per heavy atom. The van der Waals surface area contributed by atoms with Crippen molar-refractivity contribution in [1.82, 2.24) is 25.1 Å². The Morgan fingerprint density at radius 3 is 2.64 bits per heavy atom. The van der Waals surface area contributed by atoms with Gasteiger partial charge in [-0.3, -0.25) is 9.89 Å². The molecule has 0 bridgehead atoms. The van der Waals surface area contributed by atoms with Gasteiger partial charge in [0.25, 0.3) is 5.91 Å². The second kappa shape index (κ2) is 7.92. The van der Waals surface area contributed by atoms with Crippen LogP contribution in [-0.4, -0.2) is 44.1 Å². The molecule has 1 aliphatic heterocycles. The quantitative estimate of drug-likeness (QED) is 0.758. The van der Waals surface area contributed by atoms with Crippen LogP contribution >= 0.6 is 0 Å². The van der Waals surface area contributed by atoms with E-state index in [1.807, 2.05) is 24.8 Å². The largest absolute Gasteiger partial charge is 0.338 e. The van der Waals surface area contributed by atoms with E-state index in [9.17, 15) is 4.79 Å². The van der Waals surface area contributed by atoms with Crippen LogP contribution in [0.25, 0.3) is 0 Å². The Balaban J connectivity index is 1.37. The van der Waals surface area contributed by atoms with Crippen LogP contribution in [-0.2, 0) is 6.42 Å². The molecular weight excluding hydrogens is 350 g/mol. The second-order valence-corrected chi connectivity index (χ2v) is 7.46. The minimum Gasteiger partial charge on any atom is -0.338 e. The maximum Gasteiger partial charge on any atom is 0.257 e. The van der Waals surface area contributed by atoms with Crippen LogP contribution in [0.1, 0.15) is 57.6 Å². The maximum absolute atomic E-state index is 12.8. The van der Waals surface area contributed by atoms with Crippen molar-refractivity contribution < 1.29 is 4.79 Å². The van der Waals surface area contributed by atoms with E-state index in [1.165, 1.54) is 5.56 Å². The Labute approximate surface area is 165 Å². The van der Waals surface area contributed by atoms with E-state index in [0.29, 0.717) is 17.3 Å². The molecule has 1 N–H and O–H groups in total. The molecule has 1 saturated heterocycles. The van der Waals surface area contributed by atoms with E-state index in [0.717, 1.165) is 49.4 Å². The molecule has 0 radical (unpaired) electrons. The first-order valence-corrected chi connectivity index (χ1v) is 9.78. The first-order valence-electron chi connectivity index (χ1n) is 9.78. The van der Waals surface area contributed by atoms with Gasteiger partial charge in [-0.15, -0.1) is 0 Å². The third-order valence-electron chi connectivity index (χ3n) is 5.42. The number of hydrogen-bond acceptors (Lipinski definition) is 4. The molecule has 6 heteroatoms. The Bertz CT molecular complexity index is 958. The number of nitrogens with one attached hydrogen (secondary N) is 1. The minimum atomic E-state index is 0.0303. The van der Waals surface area contributed by atoms with Gasteiger partial charge in [0.1, 0.15) is 5.82 Å². The summed E-state index contributed by atoms with van der Waals surface area (Å²) in [4.78, 5) is 23.2. The first-order chi connectivity index (χ1) is 13.6. The van der Waals surface area contributed by atoms with E-state index in [-0.39, 0.29) is 5.91 Å². The van der Waals surface area contributed by atoms with Crippen molar-refractivity contribution >= 4 is 5.91 Å². The summed E-state index contributed by atoms with van der Waals surface area (Å²) >= 11 is 0. The lowest BCUT2D eigenvalue weighted by molar-refractivity contribution is 0.0710. The van der Waals surface area contributed by atoms with Crippen molar-refractivity contribution in [3.05, 3.63) is 76.6 Å². The fourth-order valence-electron chi connectivity index (χ4n) is 3.84. The summed E-state index contributed by atoms with van der Waals surface area (Å²) in [5.74, 6) is 1.11. The van der Waals surface area contributed by atoms with Crippen LogP contribution in [0.4, 0.5) is 0 Å². The lowest BCUT2D eigenvalue weighted by Gasteiger charge is -2.31. The SMILES string of the molecule is Cc1ncc(C(=O)N2CCC(c3cc(Cc4ccccc4)[nH]n3)CC2)c(C)n1. The van der Waals surface area contributed by atoms with E-state index in [1.54, 1.807) is 6.20 Å². The van der Waals surface area contributed by atoms with Gasteiger partial charge in [-0.25, -0.2) is 9.97 Å². The molecule has 0 saturated carbocycles. The predicted molar refractivity (Wildman–Crippen MR) is 107 cm³/mol. The molecule has 1 fully saturated rings. The lowest BCUT2D eigenvalue weighted by Crippen LogP contribution is -2.38. The Kier molecular flexibility index (Phi) is 5.19. The zero-order chi connectivity index (χ0) is 19.5. The third-order valence-corrected chi connectivity index (χ3v) is 5.42. The number of amides is 1. The number of rotatable bonds is 4. The molecule has 0 spiro atoms. The highest BCUT2D eigenvalue weighted by atomic mass is 16.2. The number of nitrogens with zero attached hydrogens (tertiary/aromatic N) is 4. The fourth-order valence-corrected chi connectivity index (χ4v) is 3.84. The Hall–Kier alpha value is -3.02.